The van der Waals surface area contributed by atoms with Crippen LogP contribution in [0, 0.1) is 0 Å². The molecule has 0 saturated heterocycles. The Bertz CT molecular complexity index is 376. The smallest absolute Gasteiger partial charge is 0.407 e. The van der Waals surface area contributed by atoms with Crippen LogP contribution in [0.4, 0.5) is 4.79 Å². The van der Waals surface area contributed by atoms with Gasteiger partial charge in [-0.05, 0) is 17.2 Å². The van der Waals surface area contributed by atoms with Gasteiger partial charge in [0.15, 0.2) is 0 Å². The van der Waals surface area contributed by atoms with E-state index < -0.39 is 6.09 Å². The number of nitrogens with one attached hydrogen (secondary N) is 1. The number of amides is 1. The van der Waals surface area contributed by atoms with Gasteiger partial charge in [0.25, 0.3) is 0 Å². The van der Waals surface area contributed by atoms with E-state index in [1.54, 1.807) is 0 Å². The third kappa shape index (κ3) is 2.21. The van der Waals surface area contributed by atoms with E-state index >= 15 is 0 Å². The summed E-state index contributed by atoms with van der Waals surface area (Å²) in [5.74, 6) is 0.955. The topological polar surface area (TPSA) is 47.6 Å². The van der Waals surface area contributed by atoms with Gasteiger partial charge in [-0.1, -0.05) is 12.1 Å². The molecule has 0 aliphatic carbocycles. The molecule has 0 atom stereocenters. The standard InChI is InChI=1S/C11H13NO3/c1-14-11(13)12-7-8-2-3-10-9(6-8)4-5-15-10/h2-3,6H,4-5,7H2,1H3,(H,12,13). The zero-order valence-corrected chi connectivity index (χ0v) is 8.58. The Kier molecular flexibility index (Phi) is 2.76. The molecule has 1 aromatic carbocycles. The van der Waals surface area contributed by atoms with Crippen molar-refractivity contribution in [1.82, 2.24) is 5.32 Å². The maximum atomic E-state index is 10.9. The Morgan fingerprint density at radius 1 is 1.60 bits per heavy atom. The van der Waals surface area contributed by atoms with Gasteiger partial charge in [0.05, 0.1) is 13.7 Å². The Morgan fingerprint density at radius 3 is 3.27 bits per heavy atom. The van der Waals surface area contributed by atoms with Gasteiger partial charge in [0.2, 0.25) is 0 Å². The summed E-state index contributed by atoms with van der Waals surface area (Å²) in [7, 11) is 1.35. The molecule has 0 radical (unpaired) electrons. The highest BCUT2D eigenvalue weighted by Crippen LogP contribution is 2.25. The first-order valence-corrected chi connectivity index (χ1v) is 4.86. The van der Waals surface area contributed by atoms with Gasteiger partial charge in [0, 0.05) is 13.0 Å². The van der Waals surface area contributed by atoms with Crippen LogP contribution in [0.1, 0.15) is 11.1 Å². The summed E-state index contributed by atoms with van der Waals surface area (Å²) >= 11 is 0. The molecular formula is C11H13NO3. The van der Waals surface area contributed by atoms with Gasteiger partial charge < -0.3 is 14.8 Å². The number of methoxy groups -OCH3 is 1. The molecule has 0 unspecified atom stereocenters. The molecule has 80 valence electrons. The van der Waals surface area contributed by atoms with Crippen LogP contribution in [0.3, 0.4) is 0 Å². The first-order valence-electron chi connectivity index (χ1n) is 4.86. The normalized spacial score (nSPS) is 12.9. The van der Waals surface area contributed by atoms with Gasteiger partial charge >= 0.3 is 6.09 Å². The molecular weight excluding hydrogens is 194 g/mol. The number of hydrogen-bond donors (Lipinski definition) is 1. The molecule has 1 amide bonds. The molecule has 1 aliphatic rings. The molecule has 0 saturated carbocycles. The second kappa shape index (κ2) is 4.21. The Hall–Kier alpha value is -1.71. The van der Waals surface area contributed by atoms with Crippen LogP contribution in [0.2, 0.25) is 0 Å². The molecule has 0 aromatic heterocycles. The highest BCUT2D eigenvalue weighted by Gasteiger charge is 2.11. The van der Waals surface area contributed by atoms with E-state index in [0.29, 0.717) is 6.54 Å². The van der Waals surface area contributed by atoms with Crippen LogP contribution in [-0.2, 0) is 17.7 Å². The predicted molar refractivity (Wildman–Crippen MR) is 54.9 cm³/mol. The van der Waals surface area contributed by atoms with Crippen molar-refractivity contribution in [1.29, 1.82) is 0 Å². The lowest BCUT2D eigenvalue weighted by atomic mass is 10.1. The first kappa shape index (κ1) is 9.83. The van der Waals surface area contributed by atoms with Gasteiger partial charge in [-0.3, -0.25) is 0 Å². The van der Waals surface area contributed by atoms with Crippen molar-refractivity contribution in [3.63, 3.8) is 0 Å². The van der Waals surface area contributed by atoms with E-state index in [-0.39, 0.29) is 0 Å². The van der Waals surface area contributed by atoms with Gasteiger partial charge in [-0.15, -0.1) is 0 Å². The summed E-state index contributed by atoms with van der Waals surface area (Å²) in [5, 5.41) is 2.64. The second-order valence-corrected chi connectivity index (χ2v) is 3.39. The third-order valence-electron chi connectivity index (χ3n) is 2.38. The number of rotatable bonds is 2. The summed E-state index contributed by atoms with van der Waals surface area (Å²) < 4.78 is 9.88. The van der Waals surface area contributed by atoms with Crippen LogP contribution >= 0.6 is 0 Å². The third-order valence-corrected chi connectivity index (χ3v) is 2.38. The zero-order chi connectivity index (χ0) is 10.7. The summed E-state index contributed by atoms with van der Waals surface area (Å²) in [4.78, 5) is 10.9. The van der Waals surface area contributed by atoms with E-state index in [0.717, 1.165) is 24.3 Å². The number of fused-ring (bicyclic) bond motifs is 1. The van der Waals surface area contributed by atoms with Crippen LogP contribution in [0.25, 0.3) is 0 Å². The molecule has 4 heteroatoms. The van der Waals surface area contributed by atoms with Crippen molar-refractivity contribution in [3.8, 4) is 5.75 Å². The number of benzene rings is 1. The van der Waals surface area contributed by atoms with Crippen LogP contribution < -0.4 is 10.1 Å². The van der Waals surface area contributed by atoms with E-state index in [1.807, 2.05) is 12.1 Å². The molecule has 0 spiro atoms. The molecule has 2 rings (SSSR count). The molecule has 0 fully saturated rings. The molecule has 1 aliphatic heterocycles. The van der Waals surface area contributed by atoms with Crippen LogP contribution in [0.15, 0.2) is 18.2 Å². The SMILES string of the molecule is COC(=O)NCc1ccc2c(c1)CCO2. The number of ether oxygens (including phenoxy) is 2. The fourth-order valence-corrected chi connectivity index (χ4v) is 1.60. The lowest BCUT2D eigenvalue weighted by Crippen LogP contribution is -2.22. The second-order valence-electron chi connectivity index (χ2n) is 3.39. The molecule has 1 N–H and O–H groups in total. The average Bonchev–Trinajstić information content (AvgIpc) is 2.72. The zero-order valence-electron chi connectivity index (χ0n) is 8.58. The van der Waals surface area contributed by atoms with E-state index in [4.69, 9.17) is 4.74 Å². The van der Waals surface area contributed by atoms with E-state index in [2.05, 4.69) is 16.1 Å². The Labute approximate surface area is 88.2 Å². The van der Waals surface area contributed by atoms with Crippen molar-refractivity contribution in [2.75, 3.05) is 13.7 Å². The molecule has 15 heavy (non-hydrogen) atoms. The van der Waals surface area contributed by atoms with Gasteiger partial charge in [0.1, 0.15) is 5.75 Å². The van der Waals surface area contributed by atoms with E-state index in [1.165, 1.54) is 12.7 Å². The van der Waals surface area contributed by atoms with Crippen molar-refractivity contribution >= 4 is 6.09 Å². The summed E-state index contributed by atoms with van der Waals surface area (Å²) in [6.45, 7) is 1.24. The maximum absolute atomic E-state index is 10.9. The Morgan fingerprint density at radius 2 is 2.47 bits per heavy atom. The average molecular weight is 207 g/mol. The monoisotopic (exact) mass is 207 g/mol. The lowest BCUT2D eigenvalue weighted by Gasteiger charge is -2.05. The lowest BCUT2D eigenvalue weighted by molar-refractivity contribution is 0.170. The van der Waals surface area contributed by atoms with Crippen molar-refractivity contribution < 1.29 is 14.3 Å². The van der Waals surface area contributed by atoms with Crippen LogP contribution in [0.5, 0.6) is 5.75 Å². The summed E-state index contributed by atoms with van der Waals surface area (Å²) in [6.07, 6.45) is 0.535. The molecule has 1 aromatic rings. The maximum Gasteiger partial charge on any atom is 0.407 e. The number of carbonyl (C=O) groups is 1. The largest absolute Gasteiger partial charge is 0.493 e. The first-order chi connectivity index (χ1) is 7.29. The van der Waals surface area contributed by atoms with E-state index in [9.17, 15) is 4.79 Å². The minimum Gasteiger partial charge on any atom is -0.493 e. The van der Waals surface area contributed by atoms with Crippen molar-refractivity contribution in [3.05, 3.63) is 29.3 Å². The van der Waals surface area contributed by atoms with Crippen LogP contribution in [-0.4, -0.2) is 19.8 Å². The van der Waals surface area contributed by atoms with Crippen molar-refractivity contribution in [2.45, 2.75) is 13.0 Å². The molecule has 4 nitrogen and oxygen atoms in total. The number of alkyl carbamates (subject to hydrolysis) is 1. The highest BCUT2D eigenvalue weighted by atomic mass is 16.5. The minimum atomic E-state index is -0.410. The fraction of sp³-hybridized carbons (Fsp3) is 0.364. The quantitative estimate of drug-likeness (QED) is 0.799. The fourth-order valence-electron chi connectivity index (χ4n) is 1.60. The predicted octanol–water partition coefficient (Wildman–Crippen LogP) is 1.48. The highest BCUT2D eigenvalue weighted by molar-refractivity contribution is 5.66. The Balaban J connectivity index is 2.01. The molecule has 0 bridgehead atoms. The number of hydrogen-bond acceptors (Lipinski definition) is 3. The van der Waals surface area contributed by atoms with Gasteiger partial charge in [-0.2, -0.15) is 0 Å². The molecule has 1 heterocycles. The summed E-state index contributed by atoms with van der Waals surface area (Å²) in [5.41, 5.74) is 2.27. The minimum absolute atomic E-state index is 0.410. The van der Waals surface area contributed by atoms with Crippen molar-refractivity contribution in [2.24, 2.45) is 0 Å². The van der Waals surface area contributed by atoms with Gasteiger partial charge in [-0.25, -0.2) is 4.79 Å². The number of carbonyl (C=O) groups excluding carboxylic acids is 1. The summed E-state index contributed by atoms with van der Waals surface area (Å²) in [6, 6.07) is 5.94.